The van der Waals surface area contributed by atoms with E-state index in [-0.39, 0.29) is 12.4 Å². The molecule has 1 aromatic heterocycles. The van der Waals surface area contributed by atoms with Crippen molar-refractivity contribution < 1.29 is 9.15 Å². The van der Waals surface area contributed by atoms with Gasteiger partial charge in [-0.05, 0) is 36.7 Å². The Labute approximate surface area is 149 Å². The summed E-state index contributed by atoms with van der Waals surface area (Å²) in [5.74, 6) is 2.80. The van der Waals surface area contributed by atoms with Gasteiger partial charge in [0.1, 0.15) is 17.3 Å². The van der Waals surface area contributed by atoms with E-state index in [9.17, 15) is 0 Å². The van der Waals surface area contributed by atoms with E-state index in [0.717, 1.165) is 42.3 Å². The molecule has 0 atom stereocenters. The number of ether oxygens (including phenoxy) is 1. The van der Waals surface area contributed by atoms with E-state index < -0.39 is 0 Å². The number of rotatable bonds is 7. The van der Waals surface area contributed by atoms with Crippen molar-refractivity contribution in [2.24, 2.45) is 0 Å². The molecule has 0 radical (unpaired) electrons. The summed E-state index contributed by atoms with van der Waals surface area (Å²) in [6, 6.07) is 22.3. The molecule has 0 spiro atoms. The largest absolute Gasteiger partial charge is 0.496 e. The molecular formula is C20H22ClNO2. The average Bonchev–Trinajstić information content (AvgIpc) is 3.09. The number of hydrogen-bond donors (Lipinski definition) is 1. The first-order valence-electron chi connectivity index (χ1n) is 7.83. The van der Waals surface area contributed by atoms with Gasteiger partial charge in [0.2, 0.25) is 0 Å². The van der Waals surface area contributed by atoms with Gasteiger partial charge in [0.05, 0.1) is 13.7 Å². The van der Waals surface area contributed by atoms with Gasteiger partial charge < -0.3 is 14.5 Å². The van der Waals surface area contributed by atoms with Crippen LogP contribution >= 0.6 is 12.4 Å². The van der Waals surface area contributed by atoms with Gasteiger partial charge in [0.15, 0.2) is 0 Å². The van der Waals surface area contributed by atoms with E-state index >= 15 is 0 Å². The normalized spacial score (nSPS) is 10.2. The number of hydrogen-bond acceptors (Lipinski definition) is 3. The van der Waals surface area contributed by atoms with Gasteiger partial charge in [-0.25, -0.2) is 0 Å². The van der Waals surface area contributed by atoms with Gasteiger partial charge >= 0.3 is 0 Å². The lowest BCUT2D eigenvalue weighted by molar-refractivity contribution is 0.408. The molecule has 0 aliphatic rings. The second-order valence-electron chi connectivity index (χ2n) is 5.37. The highest BCUT2D eigenvalue weighted by Gasteiger charge is 2.05. The molecule has 0 unspecified atom stereocenters. The van der Waals surface area contributed by atoms with E-state index in [1.165, 1.54) is 5.56 Å². The lowest BCUT2D eigenvalue weighted by Crippen LogP contribution is -2.16. The summed E-state index contributed by atoms with van der Waals surface area (Å²) in [4.78, 5) is 0. The van der Waals surface area contributed by atoms with Crippen LogP contribution in [0.1, 0.15) is 11.3 Å². The average molecular weight is 344 g/mol. The molecule has 1 heterocycles. The van der Waals surface area contributed by atoms with Crippen LogP contribution in [0, 0.1) is 0 Å². The van der Waals surface area contributed by atoms with Gasteiger partial charge in [-0.15, -0.1) is 12.4 Å². The fraction of sp³-hybridized carbons (Fsp3) is 0.200. The van der Waals surface area contributed by atoms with Crippen molar-refractivity contribution in [2.75, 3.05) is 13.7 Å². The van der Waals surface area contributed by atoms with Crippen LogP contribution in [-0.2, 0) is 13.0 Å². The molecular weight excluding hydrogens is 322 g/mol. The summed E-state index contributed by atoms with van der Waals surface area (Å²) in [5, 5.41) is 3.42. The maximum atomic E-state index is 5.88. The predicted octanol–water partition coefficient (Wildman–Crippen LogP) is 4.71. The van der Waals surface area contributed by atoms with Gasteiger partial charge in [0, 0.05) is 5.56 Å². The van der Waals surface area contributed by atoms with E-state index in [0.29, 0.717) is 0 Å². The Morgan fingerprint density at radius 3 is 2.46 bits per heavy atom. The number of benzene rings is 2. The topological polar surface area (TPSA) is 34.4 Å². The Morgan fingerprint density at radius 2 is 1.67 bits per heavy atom. The van der Waals surface area contributed by atoms with Crippen molar-refractivity contribution in [2.45, 2.75) is 13.0 Å². The Hall–Kier alpha value is -2.23. The zero-order chi connectivity index (χ0) is 15.9. The van der Waals surface area contributed by atoms with Crippen LogP contribution < -0.4 is 10.1 Å². The summed E-state index contributed by atoms with van der Waals surface area (Å²) in [6.07, 6.45) is 0.927. The molecule has 2 aromatic carbocycles. The van der Waals surface area contributed by atoms with Crippen molar-refractivity contribution in [3.63, 3.8) is 0 Å². The number of para-hydroxylation sites is 1. The molecule has 0 aliphatic carbocycles. The third-order valence-corrected chi connectivity index (χ3v) is 3.78. The van der Waals surface area contributed by atoms with Crippen molar-refractivity contribution >= 4 is 12.4 Å². The van der Waals surface area contributed by atoms with Crippen LogP contribution in [0.4, 0.5) is 0 Å². The summed E-state index contributed by atoms with van der Waals surface area (Å²) in [5.41, 5.74) is 2.32. The molecule has 3 nitrogen and oxygen atoms in total. The Balaban J connectivity index is 0.00000208. The SMILES string of the molecule is COc1ccccc1CCNCc1ccc(-c2ccccc2)o1.Cl. The number of methoxy groups -OCH3 is 1. The van der Waals surface area contributed by atoms with Crippen LogP contribution in [0.3, 0.4) is 0 Å². The Kier molecular flexibility index (Phi) is 6.91. The van der Waals surface area contributed by atoms with E-state index in [1.807, 2.05) is 48.5 Å². The first kappa shape index (κ1) is 18.1. The summed E-state index contributed by atoms with van der Waals surface area (Å²) >= 11 is 0. The second kappa shape index (κ2) is 9.16. The minimum absolute atomic E-state index is 0. The maximum absolute atomic E-state index is 5.88. The summed E-state index contributed by atoms with van der Waals surface area (Å²) in [6.45, 7) is 1.60. The standard InChI is InChI=1S/C20H21NO2.ClH/c1-22-19-10-6-5-9-17(19)13-14-21-15-18-11-12-20(23-18)16-7-3-2-4-8-16;/h2-12,21H,13-15H2,1H3;1H. The highest BCUT2D eigenvalue weighted by atomic mass is 35.5. The van der Waals surface area contributed by atoms with Crippen molar-refractivity contribution in [3.8, 4) is 17.1 Å². The number of halogens is 1. The van der Waals surface area contributed by atoms with Crippen molar-refractivity contribution in [1.29, 1.82) is 0 Å². The monoisotopic (exact) mass is 343 g/mol. The third-order valence-electron chi connectivity index (χ3n) is 3.78. The predicted molar refractivity (Wildman–Crippen MR) is 99.8 cm³/mol. The van der Waals surface area contributed by atoms with Gasteiger partial charge in [-0.3, -0.25) is 0 Å². The fourth-order valence-electron chi connectivity index (χ4n) is 2.57. The molecule has 0 bridgehead atoms. The van der Waals surface area contributed by atoms with Gasteiger partial charge in [-0.1, -0.05) is 48.5 Å². The second-order valence-corrected chi connectivity index (χ2v) is 5.37. The smallest absolute Gasteiger partial charge is 0.134 e. The molecule has 0 amide bonds. The van der Waals surface area contributed by atoms with Crippen LogP contribution in [-0.4, -0.2) is 13.7 Å². The fourth-order valence-corrected chi connectivity index (χ4v) is 2.57. The molecule has 24 heavy (non-hydrogen) atoms. The minimum atomic E-state index is 0. The Bertz CT molecular complexity index is 740. The maximum Gasteiger partial charge on any atom is 0.134 e. The van der Waals surface area contributed by atoms with Gasteiger partial charge in [0.25, 0.3) is 0 Å². The molecule has 4 heteroatoms. The molecule has 0 aliphatic heterocycles. The number of nitrogens with one attached hydrogen (secondary N) is 1. The molecule has 0 saturated heterocycles. The first-order valence-corrected chi connectivity index (χ1v) is 7.83. The highest BCUT2D eigenvalue weighted by Crippen LogP contribution is 2.21. The zero-order valence-electron chi connectivity index (χ0n) is 13.7. The molecule has 126 valence electrons. The van der Waals surface area contributed by atoms with Crippen LogP contribution in [0.15, 0.2) is 71.1 Å². The molecule has 1 N–H and O–H groups in total. The summed E-state index contributed by atoms with van der Waals surface area (Å²) in [7, 11) is 1.71. The summed E-state index contributed by atoms with van der Waals surface area (Å²) < 4.78 is 11.2. The number of furan rings is 1. The third kappa shape index (κ3) is 4.63. The van der Waals surface area contributed by atoms with Gasteiger partial charge in [-0.2, -0.15) is 0 Å². The lowest BCUT2D eigenvalue weighted by Gasteiger charge is -2.08. The van der Waals surface area contributed by atoms with E-state index in [2.05, 4.69) is 23.5 Å². The van der Waals surface area contributed by atoms with E-state index in [1.54, 1.807) is 7.11 Å². The highest BCUT2D eigenvalue weighted by molar-refractivity contribution is 5.85. The molecule has 0 saturated carbocycles. The van der Waals surface area contributed by atoms with Crippen molar-refractivity contribution in [1.82, 2.24) is 5.32 Å². The Morgan fingerprint density at radius 1 is 0.917 bits per heavy atom. The van der Waals surface area contributed by atoms with E-state index in [4.69, 9.17) is 9.15 Å². The minimum Gasteiger partial charge on any atom is -0.496 e. The van der Waals surface area contributed by atoms with Crippen LogP contribution in [0.5, 0.6) is 5.75 Å². The van der Waals surface area contributed by atoms with Crippen molar-refractivity contribution in [3.05, 3.63) is 78.1 Å². The molecule has 3 rings (SSSR count). The lowest BCUT2D eigenvalue weighted by atomic mass is 10.1. The van der Waals surface area contributed by atoms with Crippen LogP contribution in [0.2, 0.25) is 0 Å². The quantitative estimate of drug-likeness (QED) is 0.631. The molecule has 0 fully saturated rings. The van der Waals surface area contributed by atoms with Crippen LogP contribution in [0.25, 0.3) is 11.3 Å². The zero-order valence-corrected chi connectivity index (χ0v) is 14.5. The first-order chi connectivity index (χ1) is 11.4. The molecule has 3 aromatic rings.